The summed E-state index contributed by atoms with van der Waals surface area (Å²) in [5.74, 6) is 2.15. The lowest BCUT2D eigenvalue weighted by molar-refractivity contribution is 0.297. The summed E-state index contributed by atoms with van der Waals surface area (Å²) >= 11 is 0. The van der Waals surface area contributed by atoms with Gasteiger partial charge in [-0.05, 0) is 37.8 Å². The van der Waals surface area contributed by atoms with Gasteiger partial charge in [0.25, 0.3) is 0 Å². The average molecular weight is 246 g/mol. The first-order valence-corrected chi connectivity index (χ1v) is 7.16. The van der Waals surface area contributed by atoms with Crippen LogP contribution in [0.2, 0.25) is 0 Å². The van der Waals surface area contributed by atoms with E-state index in [0.717, 1.165) is 11.8 Å². The molecule has 0 bridgehead atoms. The molecule has 0 atom stereocenters. The molecule has 1 saturated carbocycles. The Morgan fingerprint density at radius 2 is 1.31 bits per heavy atom. The number of hydrogen-bond donors (Lipinski definition) is 1. The first-order valence-electron chi connectivity index (χ1n) is 7.16. The fourth-order valence-electron chi connectivity index (χ4n) is 3.34. The monoisotopic (exact) mass is 245 g/mol. The zero-order chi connectivity index (χ0) is 10.3. The van der Waals surface area contributed by atoms with Crippen LogP contribution in [0.3, 0.4) is 0 Å². The maximum atomic E-state index is 3.45. The minimum Gasteiger partial charge on any atom is -0.317 e. The van der Waals surface area contributed by atoms with Gasteiger partial charge in [0.2, 0.25) is 0 Å². The fourth-order valence-corrected chi connectivity index (χ4v) is 3.34. The maximum Gasteiger partial charge on any atom is -0.00463 e. The zero-order valence-corrected chi connectivity index (χ0v) is 11.4. The van der Waals surface area contributed by atoms with E-state index in [0.29, 0.717) is 0 Å². The topological polar surface area (TPSA) is 12.0 Å². The lowest BCUT2D eigenvalue weighted by Gasteiger charge is -2.25. The van der Waals surface area contributed by atoms with Gasteiger partial charge in [-0.25, -0.2) is 0 Å². The van der Waals surface area contributed by atoms with Crippen molar-refractivity contribution >= 4 is 12.4 Å². The molecule has 16 heavy (non-hydrogen) atoms. The van der Waals surface area contributed by atoms with E-state index < -0.39 is 0 Å². The van der Waals surface area contributed by atoms with Crippen LogP contribution in [-0.2, 0) is 0 Å². The van der Waals surface area contributed by atoms with Crippen molar-refractivity contribution in [2.75, 3.05) is 13.1 Å². The Bertz CT molecular complexity index is 142. The summed E-state index contributed by atoms with van der Waals surface area (Å²) < 4.78 is 0. The fraction of sp³-hybridized carbons (Fsp3) is 1.00. The number of nitrogens with one attached hydrogen (secondary N) is 1. The highest BCUT2D eigenvalue weighted by molar-refractivity contribution is 5.85. The molecule has 0 aromatic heterocycles. The third kappa shape index (κ3) is 5.05. The molecule has 1 nitrogen and oxygen atoms in total. The van der Waals surface area contributed by atoms with E-state index in [-0.39, 0.29) is 12.4 Å². The standard InChI is InChI=1S/C14H27N.ClH/c1-2-5-13(6-3-1)7-4-8-14-9-11-15-12-10-14;/h13-15H,1-12H2;1H. The van der Waals surface area contributed by atoms with E-state index in [9.17, 15) is 0 Å². The van der Waals surface area contributed by atoms with Crippen molar-refractivity contribution in [3.8, 4) is 0 Å². The molecule has 0 spiro atoms. The maximum absolute atomic E-state index is 3.45. The SMILES string of the molecule is C1CCC(CCCC2CCNCC2)CC1.Cl. The minimum atomic E-state index is 0. The molecule has 0 amide bonds. The van der Waals surface area contributed by atoms with Crippen molar-refractivity contribution < 1.29 is 0 Å². The molecule has 1 aliphatic carbocycles. The second kappa shape index (κ2) is 8.36. The van der Waals surface area contributed by atoms with Gasteiger partial charge in [-0.1, -0.05) is 51.4 Å². The molecule has 2 aliphatic rings. The van der Waals surface area contributed by atoms with E-state index in [4.69, 9.17) is 0 Å². The van der Waals surface area contributed by atoms with Crippen molar-refractivity contribution in [2.24, 2.45) is 11.8 Å². The van der Waals surface area contributed by atoms with Crippen LogP contribution in [-0.4, -0.2) is 13.1 Å². The summed E-state index contributed by atoms with van der Waals surface area (Å²) in [5.41, 5.74) is 0. The van der Waals surface area contributed by atoms with Crippen LogP contribution >= 0.6 is 12.4 Å². The third-order valence-electron chi connectivity index (χ3n) is 4.41. The summed E-state index contributed by atoms with van der Waals surface area (Å²) in [6.45, 7) is 2.54. The molecule has 1 heterocycles. The highest BCUT2D eigenvalue weighted by Crippen LogP contribution is 2.29. The molecule has 0 aromatic carbocycles. The largest absolute Gasteiger partial charge is 0.317 e. The normalized spacial score (nSPS) is 24.0. The summed E-state index contributed by atoms with van der Waals surface area (Å²) in [5, 5.41) is 3.45. The smallest absolute Gasteiger partial charge is 0.00463 e. The molecule has 0 unspecified atom stereocenters. The van der Waals surface area contributed by atoms with Crippen LogP contribution in [0.15, 0.2) is 0 Å². The molecule has 1 N–H and O–H groups in total. The molecule has 1 aliphatic heterocycles. The molecule has 96 valence electrons. The van der Waals surface area contributed by atoms with Gasteiger partial charge in [0.15, 0.2) is 0 Å². The Labute approximate surface area is 107 Å². The Hall–Kier alpha value is 0.250. The first-order chi connectivity index (χ1) is 7.45. The quantitative estimate of drug-likeness (QED) is 0.785. The third-order valence-corrected chi connectivity index (χ3v) is 4.41. The lowest BCUT2D eigenvalue weighted by Crippen LogP contribution is -2.27. The highest BCUT2D eigenvalue weighted by Gasteiger charge is 2.15. The van der Waals surface area contributed by atoms with Crippen molar-refractivity contribution in [3.05, 3.63) is 0 Å². The average Bonchev–Trinajstić information content (AvgIpc) is 2.32. The minimum absolute atomic E-state index is 0. The van der Waals surface area contributed by atoms with E-state index in [1.54, 1.807) is 0 Å². The summed E-state index contributed by atoms with van der Waals surface area (Å²) in [4.78, 5) is 0. The van der Waals surface area contributed by atoms with Crippen molar-refractivity contribution in [3.63, 3.8) is 0 Å². The van der Waals surface area contributed by atoms with Gasteiger partial charge in [-0.3, -0.25) is 0 Å². The van der Waals surface area contributed by atoms with E-state index in [1.807, 2.05) is 0 Å². The van der Waals surface area contributed by atoms with Gasteiger partial charge < -0.3 is 5.32 Å². The Kier molecular flexibility index (Phi) is 7.47. The van der Waals surface area contributed by atoms with Crippen molar-refractivity contribution in [1.29, 1.82) is 0 Å². The lowest BCUT2D eigenvalue weighted by atomic mass is 9.84. The van der Waals surface area contributed by atoms with E-state index >= 15 is 0 Å². The van der Waals surface area contributed by atoms with Gasteiger partial charge >= 0.3 is 0 Å². The zero-order valence-electron chi connectivity index (χ0n) is 10.5. The van der Waals surface area contributed by atoms with E-state index in [2.05, 4.69) is 5.32 Å². The Balaban J connectivity index is 0.00000128. The summed E-state index contributed by atoms with van der Waals surface area (Å²) in [6.07, 6.45) is 15.0. The van der Waals surface area contributed by atoms with Gasteiger partial charge in [-0.15, -0.1) is 12.4 Å². The van der Waals surface area contributed by atoms with Gasteiger partial charge in [-0.2, -0.15) is 0 Å². The Morgan fingerprint density at radius 1 is 0.750 bits per heavy atom. The van der Waals surface area contributed by atoms with Crippen LogP contribution in [0.1, 0.15) is 64.2 Å². The van der Waals surface area contributed by atoms with E-state index in [1.165, 1.54) is 77.3 Å². The van der Waals surface area contributed by atoms with Gasteiger partial charge in [0, 0.05) is 0 Å². The number of hydrogen-bond acceptors (Lipinski definition) is 1. The number of piperidine rings is 1. The van der Waals surface area contributed by atoms with Crippen LogP contribution in [0.5, 0.6) is 0 Å². The molecule has 2 heteroatoms. The molecule has 2 rings (SSSR count). The van der Waals surface area contributed by atoms with Crippen LogP contribution < -0.4 is 5.32 Å². The van der Waals surface area contributed by atoms with Crippen molar-refractivity contribution in [2.45, 2.75) is 64.2 Å². The van der Waals surface area contributed by atoms with Gasteiger partial charge in [0.05, 0.1) is 0 Å². The molecular weight excluding hydrogens is 218 g/mol. The number of halogens is 1. The van der Waals surface area contributed by atoms with Gasteiger partial charge in [0.1, 0.15) is 0 Å². The summed E-state index contributed by atoms with van der Waals surface area (Å²) in [6, 6.07) is 0. The summed E-state index contributed by atoms with van der Waals surface area (Å²) in [7, 11) is 0. The number of rotatable bonds is 4. The predicted octanol–water partition coefficient (Wildman–Crippen LogP) is 4.16. The molecular formula is C14H28ClN. The van der Waals surface area contributed by atoms with Crippen LogP contribution in [0, 0.1) is 11.8 Å². The molecule has 1 saturated heterocycles. The first kappa shape index (κ1) is 14.3. The highest BCUT2D eigenvalue weighted by atomic mass is 35.5. The predicted molar refractivity (Wildman–Crippen MR) is 73.3 cm³/mol. The van der Waals surface area contributed by atoms with Crippen LogP contribution in [0.25, 0.3) is 0 Å². The Morgan fingerprint density at radius 3 is 1.94 bits per heavy atom. The molecule has 0 radical (unpaired) electrons. The second-order valence-electron chi connectivity index (χ2n) is 5.63. The molecule has 0 aromatic rings. The second-order valence-corrected chi connectivity index (χ2v) is 5.63. The van der Waals surface area contributed by atoms with Crippen LogP contribution in [0.4, 0.5) is 0 Å². The van der Waals surface area contributed by atoms with Crippen molar-refractivity contribution in [1.82, 2.24) is 5.32 Å². The molecule has 2 fully saturated rings.